The van der Waals surface area contributed by atoms with Crippen LogP contribution in [-0.4, -0.2) is 11.9 Å². The zero-order valence-corrected chi connectivity index (χ0v) is 11.6. The van der Waals surface area contributed by atoms with Crippen molar-refractivity contribution in [1.29, 1.82) is 0 Å². The third-order valence-electron chi connectivity index (χ3n) is 2.86. The summed E-state index contributed by atoms with van der Waals surface area (Å²) < 4.78 is 37.4. The van der Waals surface area contributed by atoms with Crippen molar-refractivity contribution in [3.8, 4) is 0 Å². The number of carbonyl (C=O) groups excluding carboxylic acids is 2. The first-order valence-electron chi connectivity index (χ1n) is 6.41. The quantitative estimate of drug-likeness (QED) is 0.808. The van der Waals surface area contributed by atoms with Crippen molar-refractivity contribution in [2.24, 2.45) is 5.73 Å². The van der Waals surface area contributed by atoms with Gasteiger partial charge in [-0.3, -0.25) is 4.79 Å². The van der Waals surface area contributed by atoms with E-state index >= 15 is 0 Å². The summed E-state index contributed by atoms with van der Waals surface area (Å²) in [6.07, 6.45) is -4.45. The van der Waals surface area contributed by atoms with Gasteiger partial charge < -0.3 is 16.4 Å². The molecule has 0 saturated heterocycles. The lowest BCUT2D eigenvalue weighted by molar-refractivity contribution is -0.137. The van der Waals surface area contributed by atoms with Gasteiger partial charge in [0.05, 0.1) is 5.56 Å². The van der Waals surface area contributed by atoms with E-state index in [1.807, 2.05) is 0 Å². The number of amides is 3. The van der Waals surface area contributed by atoms with Crippen molar-refractivity contribution in [2.45, 2.75) is 6.18 Å². The Morgan fingerprint density at radius 1 is 0.913 bits per heavy atom. The molecule has 0 fully saturated rings. The van der Waals surface area contributed by atoms with Crippen molar-refractivity contribution in [2.75, 3.05) is 10.6 Å². The number of benzene rings is 2. The number of alkyl halides is 3. The average molecular weight is 323 g/mol. The van der Waals surface area contributed by atoms with E-state index in [1.54, 1.807) is 18.2 Å². The molecule has 23 heavy (non-hydrogen) atoms. The number of halogens is 3. The number of nitrogens with two attached hydrogens (primary N) is 1. The van der Waals surface area contributed by atoms with Gasteiger partial charge in [-0.05, 0) is 42.5 Å². The van der Waals surface area contributed by atoms with Crippen LogP contribution >= 0.6 is 0 Å². The topological polar surface area (TPSA) is 84.2 Å². The standard InChI is InChI=1S/C15H12F3N3O2/c16-15(17,18)10-6-4-9(5-7-10)13(22)20-11-2-1-3-12(8-11)21-14(19)23/h1-8H,(H,20,22)(H3,19,21,23). The van der Waals surface area contributed by atoms with E-state index in [9.17, 15) is 22.8 Å². The maximum atomic E-state index is 12.5. The molecule has 0 saturated carbocycles. The lowest BCUT2D eigenvalue weighted by Crippen LogP contribution is -2.19. The molecule has 5 nitrogen and oxygen atoms in total. The number of anilines is 2. The van der Waals surface area contributed by atoms with Crippen LogP contribution in [0, 0.1) is 0 Å². The first-order valence-corrected chi connectivity index (χ1v) is 6.41. The van der Waals surface area contributed by atoms with Crippen molar-refractivity contribution < 1.29 is 22.8 Å². The fourth-order valence-corrected chi connectivity index (χ4v) is 1.83. The number of hydrogen-bond donors (Lipinski definition) is 3. The summed E-state index contributed by atoms with van der Waals surface area (Å²) in [5.74, 6) is -0.574. The predicted molar refractivity (Wildman–Crippen MR) is 79.0 cm³/mol. The molecule has 3 amide bonds. The van der Waals surface area contributed by atoms with Crippen LogP contribution in [-0.2, 0) is 6.18 Å². The highest BCUT2D eigenvalue weighted by molar-refractivity contribution is 6.04. The Morgan fingerprint density at radius 3 is 2.00 bits per heavy atom. The van der Waals surface area contributed by atoms with Gasteiger partial charge in [0.25, 0.3) is 5.91 Å². The van der Waals surface area contributed by atoms with Crippen molar-refractivity contribution in [3.63, 3.8) is 0 Å². The van der Waals surface area contributed by atoms with Gasteiger partial charge in [-0.25, -0.2) is 4.79 Å². The molecule has 0 atom stereocenters. The van der Waals surface area contributed by atoms with Crippen LogP contribution in [0.5, 0.6) is 0 Å². The summed E-state index contributed by atoms with van der Waals surface area (Å²) in [4.78, 5) is 22.8. The maximum Gasteiger partial charge on any atom is 0.416 e. The van der Waals surface area contributed by atoms with Gasteiger partial charge in [-0.2, -0.15) is 13.2 Å². The summed E-state index contributed by atoms with van der Waals surface area (Å²) in [5, 5.41) is 4.86. The molecule has 0 bridgehead atoms. The molecule has 120 valence electrons. The van der Waals surface area contributed by atoms with Crippen molar-refractivity contribution >= 4 is 23.3 Å². The molecule has 0 radical (unpaired) electrons. The summed E-state index contributed by atoms with van der Waals surface area (Å²) in [7, 11) is 0. The first-order chi connectivity index (χ1) is 10.8. The zero-order chi connectivity index (χ0) is 17.0. The molecule has 0 aromatic heterocycles. The van der Waals surface area contributed by atoms with Crippen molar-refractivity contribution in [1.82, 2.24) is 0 Å². The SMILES string of the molecule is NC(=O)Nc1cccc(NC(=O)c2ccc(C(F)(F)F)cc2)c1. The van der Waals surface area contributed by atoms with Crippen LogP contribution < -0.4 is 16.4 Å². The normalized spacial score (nSPS) is 10.9. The van der Waals surface area contributed by atoms with Crippen LogP contribution in [0.25, 0.3) is 0 Å². The summed E-state index contributed by atoms with van der Waals surface area (Å²) in [5.41, 5.74) is 4.97. The van der Waals surface area contributed by atoms with Crippen LogP contribution in [0.15, 0.2) is 48.5 Å². The Hall–Kier alpha value is -3.03. The van der Waals surface area contributed by atoms with Gasteiger partial charge in [0.15, 0.2) is 0 Å². The molecular formula is C15H12F3N3O2. The minimum absolute atomic E-state index is 0.0752. The van der Waals surface area contributed by atoms with E-state index in [4.69, 9.17) is 5.73 Å². The van der Waals surface area contributed by atoms with Gasteiger partial charge >= 0.3 is 12.2 Å². The smallest absolute Gasteiger partial charge is 0.351 e. The molecule has 2 aromatic carbocycles. The summed E-state index contributed by atoms with van der Waals surface area (Å²) >= 11 is 0. The van der Waals surface area contributed by atoms with Gasteiger partial charge in [-0.15, -0.1) is 0 Å². The Morgan fingerprint density at radius 2 is 1.48 bits per heavy atom. The molecule has 0 aliphatic rings. The highest BCUT2D eigenvalue weighted by Gasteiger charge is 2.30. The number of primary amides is 1. The van der Waals surface area contributed by atoms with Crippen LogP contribution in [0.4, 0.5) is 29.3 Å². The maximum absolute atomic E-state index is 12.5. The van der Waals surface area contributed by atoms with Crippen LogP contribution in [0.1, 0.15) is 15.9 Å². The molecule has 0 aliphatic carbocycles. The second kappa shape index (κ2) is 6.39. The highest BCUT2D eigenvalue weighted by Crippen LogP contribution is 2.29. The Kier molecular flexibility index (Phi) is 4.54. The molecule has 0 aliphatic heterocycles. The highest BCUT2D eigenvalue weighted by atomic mass is 19.4. The van der Waals surface area contributed by atoms with E-state index in [-0.39, 0.29) is 5.56 Å². The van der Waals surface area contributed by atoms with Gasteiger partial charge in [0.1, 0.15) is 0 Å². The lowest BCUT2D eigenvalue weighted by Gasteiger charge is -2.09. The third-order valence-corrected chi connectivity index (χ3v) is 2.86. The van der Waals surface area contributed by atoms with Gasteiger partial charge in [0, 0.05) is 16.9 Å². The largest absolute Gasteiger partial charge is 0.416 e. The molecule has 8 heteroatoms. The molecular weight excluding hydrogens is 311 g/mol. The second-order valence-corrected chi connectivity index (χ2v) is 4.60. The number of carbonyl (C=O) groups is 2. The lowest BCUT2D eigenvalue weighted by atomic mass is 10.1. The van der Waals surface area contributed by atoms with Gasteiger partial charge in [0.2, 0.25) is 0 Å². The van der Waals surface area contributed by atoms with E-state index in [2.05, 4.69) is 10.6 Å². The predicted octanol–water partition coefficient (Wildman–Crippen LogP) is 3.45. The van der Waals surface area contributed by atoms with E-state index in [0.29, 0.717) is 11.4 Å². The molecule has 0 unspecified atom stereocenters. The van der Waals surface area contributed by atoms with E-state index in [0.717, 1.165) is 24.3 Å². The van der Waals surface area contributed by atoms with E-state index < -0.39 is 23.7 Å². The molecule has 0 spiro atoms. The molecule has 2 aromatic rings. The monoisotopic (exact) mass is 323 g/mol. The summed E-state index contributed by atoms with van der Waals surface area (Å²) in [6.45, 7) is 0. The molecule has 0 heterocycles. The molecule has 2 rings (SSSR count). The number of rotatable bonds is 3. The molecule has 4 N–H and O–H groups in total. The first kappa shape index (κ1) is 16.3. The average Bonchev–Trinajstić information content (AvgIpc) is 2.46. The van der Waals surface area contributed by atoms with Crippen LogP contribution in [0.3, 0.4) is 0 Å². The van der Waals surface area contributed by atoms with Gasteiger partial charge in [-0.1, -0.05) is 6.07 Å². The Bertz CT molecular complexity index is 727. The fourth-order valence-electron chi connectivity index (χ4n) is 1.83. The minimum atomic E-state index is -4.45. The van der Waals surface area contributed by atoms with Crippen molar-refractivity contribution in [3.05, 3.63) is 59.7 Å². The third kappa shape index (κ3) is 4.47. The summed E-state index contributed by atoms with van der Waals surface area (Å²) in [6, 6.07) is 9.26. The second-order valence-electron chi connectivity index (χ2n) is 4.60. The Balaban J connectivity index is 2.11. The number of urea groups is 1. The number of hydrogen-bond acceptors (Lipinski definition) is 2. The number of nitrogens with one attached hydrogen (secondary N) is 2. The zero-order valence-electron chi connectivity index (χ0n) is 11.6. The minimum Gasteiger partial charge on any atom is -0.351 e. The van der Waals surface area contributed by atoms with Crippen LogP contribution in [0.2, 0.25) is 0 Å². The van der Waals surface area contributed by atoms with E-state index in [1.165, 1.54) is 6.07 Å². The fraction of sp³-hybridized carbons (Fsp3) is 0.0667. The Labute approximate surface area is 129 Å².